The lowest BCUT2D eigenvalue weighted by Crippen LogP contribution is -2.03. The lowest BCUT2D eigenvalue weighted by atomic mass is 10.1. The molecule has 0 saturated carbocycles. The van der Waals surface area contributed by atoms with Crippen molar-refractivity contribution in [3.63, 3.8) is 0 Å². The van der Waals surface area contributed by atoms with Crippen LogP contribution in [0.4, 0.5) is 5.69 Å². The van der Waals surface area contributed by atoms with Crippen molar-refractivity contribution in [1.29, 1.82) is 0 Å². The molecule has 0 saturated heterocycles. The van der Waals surface area contributed by atoms with Gasteiger partial charge in [-0.1, -0.05) is 29.8 Å². The molecule has 0 aliphatic heterocycles. The van der Waals surface area contributed by atoms with Gasteiger partial charge in [0.2, 0.25) is 0 Å². The van der Waals surface area contributed by atoms with Gasteiger partial charge in [0, 0.05) is 17.3 Å². The van der Waals surface area contributed by atoms with Crippen LogP contribution in [0.15, 0.2) is 42.5 Å². The van der Waals surface area contributed by atoms with Crippen LogP contribution in [0.25, 0.3) is 0 Å². The van der Waals surface area contributed by atoms with E-state index >= 15 is 0 Å². The predicted octanol–water partition coefficient (Wildman–Crippen LogP) is 4.05. The number of rotatable bonds is 4. The fourth-order valence-corrected chi connectivity index (χ4v) is 1.96. The zero-order valence-electron chi connectivity index (χ0n) is 11.4. The maximum Gasteiger partial charge on any atom is 0.337 e. The number of halogens is 1. The molecule has 0 amide bonds. The Kier molecular flexibility index (Phi) is 4.64. The van der Waals surface area contributed by atoms with Gasteiger partial charge < -0.3 is 10.1 Å². The second-order valence-electron chi connectivity index (χ2n) is 4.51. The van der Waals surface area contributed by atoms with Crippen LogP contribution in [-0.2, 0) is 11.3 Å². The molecule has 0 aromatic heterocycles. The summed E-state index contributed by atoms with van der Waals surface area (Å²) in [6.45, 7) is 2.64. The van der Waals surface area contributed by atoms with Gasteiger partial charge in [-0.25, -0.2) is 4.79 Å². The number of nitrogens with one attached hydrogen (secondary N) is 1. The summed E-state index contributed by atoms with van der Waals surface area (Å²) < 4.78 is 4.66. The average molecular weight is 290 g/mol. The third-order valence-corrected chi connectivity index (χ3v) is 3.45. The van der Waals surface area contributed by atoms with Crippen molar-refractivity contribution in [3.05, 3.63) is 64.2 Å². The van der Waals surface area contributed by atoms with E-state index in [9.17, 15) is 4.79 Å². The number of hydrogen-bond acceptors (Lipinski definition) is 3. The molecule has 0 aliphatic carbocycles. The lowest BCUT2D eigenvalue weighted by Gasteiger charge is -2.08. The molecule has 0 fully saturated rings. The molecule has 0 atom stereocenters. The minimum absolute atomic E-state index is 0.324. The number of esters is 1. The zero-order chi connectivity index (χ0) is 14.5. The number of benzene rings is 2. The second kappa shape index (κ2) is 6.44. The molecule has 3 nitrogen and oxygen atoms in total. The molecular formula is C16H16ClNO2. The number of ether oxygens (including phenoxy) is 1. The fourth-order valence-electron chi connectivity index (χ4n) is 1.78. The van der Waals surface area contributed by atoms with E-state index < -0.39 is 0 Å². The van der Waals surface area contributed by atoms with Gasteiger partial charge in [0.1, 0.15) is 0 Å². The third-order valence-electron chi connectivity index (χ3n) is 3.04. The van der Waals surface area contributed by atoms with Crippen molar-refractivity contribution >= 4 is 23.3 Å². The quantitative estimate of drug-likeness (QED) is 0.863. The van der Waals surface area contributed by atoms with Gasteiger partial charge in [-0.05, 0) is 42.3 Å². The molecule has 2 rings (SSSR count). The first-order valence-electron chi connectivity index (χ1n) is 6.27. The van der Waals surface area contributed by atoms with E-state index in [1.165, 1.54) is 7.11 Å². The van der Waals surface area contributed by atoms with E-state index in [0.717, 1.165) is 21.8 Å². The Bertz CT molecular complexity index is 608. The van der Waals surface area contributed by atoms with Crippen molar-refractivity contribution in [1.82, 2.24) is 0 Å². The van der Waals surface area contributed by atoms with Gasteiger partial charge in [0.25, 0.3) is 0 Å². The van der Waals surface area contributed by atoms with E-state index in [-0.39, 0.29) is 5.97 Å². The molecule has 4 heteroatoms. The van der Waals surface area contributed by atoms with Crippen LogP contribution >= 0.6 is 11.6 Å². The first kappa shape index (κ1) is 14.4. The van der Waals surface area contributed by atoms with Gasteiger partial charge in [-0.3, -0.25) is 0 Å². The van der Waals surface area contributed by atoms with E-state index in [1.807, 2.05) is 37.3 Å². The van der Waals surface area contributed by atoms with Gasteiger partial charge in [0.05, 0.1) is 12.7 Å². The molecule has 1 N–H and O–H groups in total. The molecule has 0 radical (unpaired) electrons. The Labute approximate surface area is 123 Å². The van der Waals surface area contributed by atoms with Crippen LogP contribution in [-0.4, -0.2) is 13.1 Å². The Morgan fingerprint density at radius 3 is 2.50 bits per heavy atom. The molecule has 0 aliphatic rings. The average Bonchev–Trinajstić information content (AvgIpc) is 2.48. The van der Waals surface area contributed by atoms with Crippen LogP contribution in [0, 0.1) is 6.92 Å². The van der Waals surface area contributed by atoms with Crippen LogP contribution in [0.1, 0.15) is 21.5 Å². The Balaban J connectivity index is 2.00. The van der Waals surface area contributed by atoms with E-state index in [2.05, 4.69) is 10.1 Å². The monoisotopic (exact) mass is 289 g/mol. The number of carbonyl (C=O) groups is 1. The summed E-state index contributed by atoms with van der Waals surface area (Å²) in [5.74, 6) is -0.324. The summed E-state index contributed by atoms with van der Waals surface area (Å²) in [7, 11) is 1.37. The SMILES string of the molecule is COC(=O)c1ccc(CNc2ccc(C)c(Cl)c2)cc1. The number of aryl methyl sites for hydroxylation is 1. The molecule has 0 bridgehead atoms. The molecule has 2 aromatic rings. The third kappa shape index (κ3) is 3.52. The van der Waals surface area contributed by atoms with E-state index in [1.54, 1.807) is 12.1 Å². The Morgan fingerprint density at radius 2 is 1.90 bits per heavy atom. The van der Waals surface area contributed by atoms with Crippen LogP contribution < -0.4 is 5.32 Å². The topological polar surface area (TPSA) is 38.3 Å². The number of hydrogen-bond donors (Lipinski definition) is 1. The highest BCUT2D eigenvalue weighted by atomic mass is 35.5. The second-order valence-corrected chi connectivity index (χ2v) is 4.91. The molecule has 0 spiro atoms. The van der Waals surface area contributed by atoms with Crippen molar-refractivity contribution in [3.8, 4) is 0 Å². The number of methoxy groups -OCH3 is 1. The molecule has 20 heavy (non-hydrogen) atoms. The molecule has 104 valence electrons. The van der Waals surface area contributed by atoms with Crippen LogP contribution in [0.5, 0.6) is 0 Å². The highest BCUT2D eigenvalue weighted by Crippen LogP contribution is 2.20. The minimum atomic E-state index is -0.324. The Hall–Kier alpha value is -2.00. The first-order chi connectivity index (χ1) is 9.60. The highest BCUT2D eigenvalue weighted by molar-refractivity contribution is 6.31. The van der Waals surface area contributed by atoms with E-state index in [0.29, 0.717) is 12.1 Å². The summed E-state index contributed by atoms with van der Waals surface area (Å²) in [6.07, 6.45) is 0. The van der Waals surface area contributed by atoms with Crippen molar-refractivity contribution < 1.29 is 9.53 Å². The van der Waals surface area contributed by atoms with E-state index in [4.69, 9.17) is 11.6 Å². The lowest BCUT2D eigenvalue weighted by molar-refractivity contribution is 0.0600. The van der Waals surface area contributed by atoms with Gasteiger partial charge >= 0.3 is 5.97 Å². The largest absolute Gasteiger partial charge is 0.465 e. The van der Waals surface area contributed by atoms with Gasteiger partial charge in [-0.2, -0.15) is 0 Å². The maximum absolute atomic E-state index is 11.3. The number of anilines is 1. The van der Waals surface area contributed by atoms with Gasteiger partial charge in [-0.15, -0.1) is 0 Å². The standard InChI is InChI=1S/C16H16ClNO2/c1-11-3-8-14(9-15(11)17)18-10-12-4-6-13(7-5-12)16(19)20-2/h3-9,18H,10H2,1-2H3. The van der Waals surface area contributed by atoms with Crippen molar-refractivity contribution in [2.24, 2.45) is 0 Å². The van der Waals surface area contributed by atoms with Crippen molar-refractivity contribution in [2.75, 3.05) is 12.4 Å². The Morgan fingerprint density at radius 1 is 1.20 bits per heavy atom. The highest BCUT2D eigenvalue weighted by Gasteiger charge is 2.04. The fraction of sp³-hybridized carbons (Fsp3) is 0.188. The van der Waals surface area contributed by atoms with Crippen LogP contribution in [0.3, 0.4) is 0 Å². The maximum atomic E-state index is 11.3. The summed E-state index contributed by atoms with van der Waals surface area (Å²) in [5, 5.41) is 4.04. The summed E-state index contributed by atoms with van der Waals surface area (Å²) in [5.41, 5.74) is 3.65. The molecule has 0 heterocycles. The van der Waals surface area contributed by atoms with Crippen molar-refractivity contribution in [2.45, 2.75) is 13.5 Å². The summed E-state index contributed by atoms with van der Waals surface area (Å²) in [4.78, 5) is 11.3. The smallest absolute Gasteiger partial charge is 0.337 e. The summed E-state index contributed by atoms with van der Waals surface area (Å²) >= 11 is 6.08. The minimum Gasteiger partial charge on any atom is -0.465 e. The molecule has 0 unspecified atom stereocenters. The van der Waals surface area contributed by atoms with Crippen LogP contribution in [0.2, 0.25) is 5.02 Å². The normalized spacial score (nSPS) is 10.2. The number of carbonyl (C=O) groups excluding carboxylic acids is 1. The first-order valence-corrected chi connectivity index (χ1v) is 6.65. The summed E-state index contributed by atoms with van der Waals surface area (Å²) in [6, 6.07) is 13.2. The molecular weight excluding hydrogens is 274 g/mol. The van der Waals surface area contributed by atoms with Gasteiger partial charge in [0.15, 0.2) is 0 Å². The predicted molar refractivity (Wildman–Crippen MR) is 81.3 cm³/mol. The molecule has 2 aromatic carbocycles. The zero-order valence-corrected chi connectivity index (χ0v) is 12.2.